The van der Waals surface area contributed by atoms with E-state index < -0.39 is 0 Å². The maximum Gasteiger partial charge on any atom is 2.00 e. The summed E-state index contributed by atoms with van der Waals surface area (Å²) in [6.07, 6.45) is 3.72. The number of hydrogen-bond acceptors (Lipinski definition) is 3. The van der Waals surface area contributed by atoms with Crippen LogP contribution in [0.4, 0.5) is 0 Å². The summed E-state index contributed by atoms with van der Waals surface area (Å²) in [6.45, 7) is 19.9. The van der Waals surface area contributed by atoms with Gasteiger partial charge >= 0.3 is 20.4 Å². The molecule has 0 fully saturated rings. The summed E-state index contributed by atoms with van der Waals surface area (Å²) in [4.78, 5) is 4.78. The summed E-state index contributed by atoms with van der Waals surface area (Å²) in [5.41, 5.74) is 13.9. The fourth-order valence-corrected chi connectivity index (χ4v) is 7.39. The van der Waals surface area contributed by atoms with E-state index in [9.17, 15) is 0 Å². The van der Waals surface area contributed by atoms with Gasteiger partial charge in [-0.1, -0.05) is 76.0 Å². The number of hydrogen-bond donors (Lipinski definition) is 0. The Bertz CT molecular complexity index is 2360. The molecule has 0 N–H and O–H groups in total. The number of nitrogens with zero attached hydrogens (tertiary/aromatic N) is 4. The molecule has 0 bridgehead atoms. The third kappa shape index (κ3) is 6.93. The van der Waals surface area contributed by atoms with Crippen LogP contribution in [-0.2, 0) is 33.3 Å². The standard InChI is InChI=1S/C45H46N4O.Pd/c1-10-33-17-18-46-43(22-33)48-40-14-12-11-13-38(40)39-16-15-36(26-41(39)48)50-37-24-34(28(4)5)23-35(25-37)49-42(19-27(2)3)45(32(9)47-49)44-30(7)20-29(6)21-31(44)8;/h11-18,20-24,27-28H,10,19H2,1-9H3;/q-2;+2. The van der Waals surface area contributed by atoms with E-state index in [1.807, 2.05) is 12.3 Å². The Morgan fingerprint density at radius 1 is 0.784 bits per heavy atom. The topological polar surface area (TPSA) is 44.9 Å². The van der Waals surface area contributed by atoms with Crippen molar-refractivity contribution in [3.05, 3.63) is 130 Å². The molecule has 0 unspecified atom stereocenters. The predicted molar refractivity (Wildman–Crippen MR) is 206 cm³/mol. The van der Waals surface area contributed by atoms with Crippen LogP contribution in [0.15, 0.2) is 79.0 Å². The van der Waals surface area contributed by atoms with Gasteiger partial charge in [-0.15, -0.1) is 41.3 Å². The van der Waals surface area contributed by atoms with Crippen molar-refractivity contribution >= 4 is 21.8 Å². The minimum atomic E-state index is 0. The quantitative estimate of drug-likeness (QED) is 0.109. The smallest absolute Gasteiger partial charge is 0.509 e. The van der Waals surface area contributed by atoms with Gasteiger partial charge in [0.2, 0.25) is 0 Å². The molecule has 0 saturated carbocycles. The predicted octanol–water partition coefficient (Wildman–Crippen LogP) is 11.5. The van der Waals surface area contributed by atoms with E-state index in [4.69, 9.17) is 14.8 Å². The molecule has 0 atom stereocenters. The normalized spacial score (nSPS) is 11.6. The molecule has 262 valence electrons. The van der Waals surface area contributed by atoms with E-state index >= 15 is 0 Å². The zero-order chi connectivity index (χ0) is 35.3. The van der Waals surface area contributed by atoms with Gasteiger partial charge < -0.3 is 9.30 Å². The van der Waals surface area contributed by atoms with Crippen LogP contribution in [-0.4, -0.2) is 19.3 Å². The number of aryl methyl sites for hydroxylation is 5. The average Bonchev–Trinajstić information content (AvgIpc) is 3.57. The Morgan fingerprint density at radius 2 is 1.53 bits per heavy atom. The van der Waals surface area contributed by atoms with Gasteiger partial charge in [-0.25, -0.2) is 4.98 Å². The summed E-state index contributed by atoms with van der Waals surface area (Å²) < 4.78 is 11.0. The summed E-state index contributed by atoms with van der Waals surface area (Å²) in [7, 11) is 0. The van der Waals surface area contributed by atoms with Crippen molar-refractivity contribution in [2.45, 2.75) is 81.1 Å². The molecule has 5 nitrogen and oxygen atoms in total. The van der Waals surface area contributed by atoms with Crippen molar-refractivity contribution in [3.8, 4) is 34.1 Å². The maximum atomic E-state index is 6.68. The van der Waals surface area contributed by atoms with Crippen molar-refractivity contribution in [2.24, 2.45) is 5.92 Å². The SMILES string of the molecule is CCc1ccnc(-n2c3[c-]c(Oc4[c-]c(-n5nc(C)c(-c6c(C)cc(C)cc6C)c5CC(C)C)cc(C(C)C)c4)ccc3c3ccccc32)c1.[Pd+2]. The van der Waals surface area contributed by atoms with Crippen LogP contribution in [0.25, 0.3) is 44.4 Å². The van der Waals surface area contributed by atoms with Crippen LogP contribution in [0.1, 0.15) is 79.7 Å². The Hall–Kier alpha value is -4.50. The first-order valence-corrected chi connectivity index (χ1v) is 17.8. The molecule has 0 aliphatic heterocycles. The van der Waals surface area contributed by atoms with Gasteiger partial charge in [-0.05, 0) is 104 Å². The average molecular weight is 765 g/mol. The van der Waals surface area contributed by atoms with Crippen LogP contribution in [0.3, 0.4) is 0 Å². The van der Waals surface area contributed by atoms with Gasteiger partial charge in [-0.3, -0.25) is 4.68 Å². The monoisotopic (exact) mass is 764 g/mol. The second kappa shape index (κ2) is 14.6. The van der Waals surface area contributed by atoms with Crippen LogP contribution < -0.4 is 4.74 Å². The second-order valence-electron chi connectivity index (χ2n) is 14.4. The second-order valence-corrected chi connectivity index (χ2v) is 14.4. The number of fused-ring (bicyclic) bond motifs is 3. The largest absolute Gasteiger partial charge is 2.00 e. The number of para-hydroxylation sites is 1. The van der Waals surface area contributed by atoms with Gasteiger partial charge in [0.25, 0.3) is 0 Å². The minimum absolute atomic E-state index is 0. The third-order valence-corrected chi connectivity index (χ3v) is 9.66. The van der Waals surface area contributed by atoms with Crippen molar-refractivity contribution in [2.75, 3.05) is 0 Å². The molecule has 0 amide bonds. The van der Waals surface area contributed by atoms with E-state index in [-0.39, 0.29) is 26.3 Å². The van der Waals surface area contributed by atoms with Crippen molar-refractivity contribution < 1.29 is 25.2 Å². The van der Waals surface area contributed by atoms with Gasteiger partial charge in [0.05, 0.1) is 11.4 Å². The molecule has 3 aromatic heterocycles. The molecule has 7 aromatic rings. The first-order valence-electron chi connectivity index (χ1n) is 17.8. The molecule has 0 radical (unpaired) electrons. The fourth-order valence-electron chi connectivity index (χ4n) is 7.39. The first kappa shape index (κ1) is 36.3. The number of ether oxygens (including phenoxy) is 1. The van der Waals surface area contributed by atoms with E-state index in [0.29, 0.717) is 17.4 Å². The first-order chi connectivity index (χ1) is 24.0. The summed E-state index contributed by atoms with van der Waals surface area (Å²) in [5, 5.41) is 7.47. The van der Waals surface area contributed by atoms with Crippen LogP contribution in [0.2, 0.25) is 0 Å². The molecule has 0 saturated heterocycles. The molecule has 7 rings (SSSR count). The number of rotatable bonds is 9. The van der Waals surface area contributed by atoms with Crippen LogP contribution in [0.5, 0.6) is 11.5 Å². The Labute approximate surface area is 316 Å². The summed E-state index contributed by atoms with van der Waals surface area (Å²) in [6, 6.07) is 32.9. The van der Waals surface area contributed by atoms with Crippen LogP contribution >= 0.6 is 0 Å². The molecular weight excluding hydrogens is 719 g/mol. The minimum Gasteiger partial charge on any atom is -0.509 e. The number of aromatic nitrogens is 4. The molecule has 0 spiro atoms. The molecule has 0 aliphatic carbocycles. The molecule has 6 heteroatoms. The van der Waals surface area contributed by atoms with E-state index in [1.54, 1.807) is 0 Å². The molecule has 51 heavy (non-hydrogen) atoms. The van der Waals surface area contributed by atoms with E-state index in [2.05, 4.69) is 150 Å². The number of pyridine rings is 1. The van der Waals surface area contributed by atoms with Gasteiger partial charge in [0.1, 0.15) is 5.82 Å². The van der Waals surface area contributed by atoms with E-state index in [0.717, 1.165) is 57.4 Å². The zero-order valence-corrected chi connectivity index (χ0v) is 32.6. The van der Waals surface area contributed by atoms with Gasteiger partial charge in [-0.2, -0.15) is 11.2 Å². The maximum absolute atomic E-state index is 6.68. The van der Waals surface area contributed by atoms with Crippen molar-refractivity contribution in [1.82, 2.24) is 19.3 Å². The molecular formula is C45H46N4OPd. The molecule has 0 aliphatic rings. The molecule has 4 aromatic carbocycles. The van der Waals surface area contributed by atoms with Gasteiger partial charge in [0, 0.05) is 28.8 Å². The van der Waals surface area contributed by atoms with Crippen LogP contribution in [0, 0.1) is 45.7 Å². The van der Waals surface area contributed by atoms with E-state index in [1.165, 1.54) is 39.1 Å². The summed E-state index contributed by atoms with van der Waals surface area (Å²) in [5.74, 6) is 2.87. The summed E-state index contributed by atoms with van der Waals surface area (Å²) >= 11 is 0. The Morgan fingerprint density at radius 3 is 2.24 bits per heavy atom. The van der Waals surface area contributed by atoms with Gasteiger partial charge in [0.15, 0.2) is 0 Å². The third-order valence-electron chi connectivity index (χ3n) is 9.66. The van der Waals surface area contributed by atoms with Crippen molar-refractivity contribution in [1.29, 1.82) is 0 Å². The Kier molecular flexibility index (Phi) is 10.4. The number of benzene rings is 4. The molecule has 3 heterocycles. The zero-order valence-electron chi connectivity index (χ0n) is 31.1. The van der Waals surface area contributed by atoms with Crippen molar-refractivity contribution in [3.63, 3.8) is 0 Å². The Balaban J connectivity index is 0.00000448. The fraction of sp³-hybridized carbons (Fsp3) is 0.289.